The van der Waals surface area contributed by atoms with E-state index in [1.54, 1.807) is 39.5 Å². The molecular formula is C33H45N7O3SSi. The number of hydrogen-bond donors (Lipinski definition) is 1. The summed E-state index contributed by atoms with van der Waals surface area (Å²) in [6.07, 6.45) is 9.11. The van der Waals surface area contributed by atoms with Crippen LogP contribution in [0.4, 0.5) is 5.69 Å². The molecule has 2 atom stereocenters. The predicted molar refractivity (Wildman–Crippen MR) is 182 cm³/mol. The quantitative estimate of drug-likeness (QED) is 0.130. The van der Waals surface area contributed by atoms with Gasteiger partial charge in [-0.1, -0.05) is 32.6 Å². The number of ether oxygens (including phenoxy) is 1. The average Bonchev–Trinajstić information content (AvgIpc) is 3.42. The van der Waals surface area contributed by atoms with Gasteiger partial charge in [-0.3, -0.25) is 14.6 Å². The Bertz CT molecular complexity index is 1710. The molecule has 4 heterocycles. The maximum absolute atomic E-state index is 13.8. The fraction of sp³-hybridized carbons (Fsp3) is 0.545. The molecule has 4 aromatic rings. The summed E-state index contributed by atoms with van der Waals surface area (Å²) in [6, 6.07) is 7.24. The van der Waals surface area contributed by atoms with Gasteiger partial charge < -0.3 is 19.9 Å². The summed E-state index contributed by atoms with van der Waals surface area (Å²) < 4.78 is 8.81. The fourth-order valence-corrected chi connectivity index (χ4v) is 8.30. The molecule has 6 rings (SSSR count). The number of carbonyl (C=O) groups is 2. The normalized spacial score (nSPS) is 19.8. The Kier molecular flexibility index (Phi) is 8.86. The van der Waals surface area contributed by atoms with Crippen molar-refractivity contribution in [2.45, 2.75) is 76.5 Å². The number of anilines is 1. The van der Waals surface area contributed by atoms with E-state index in [1.807, 2.05) is 0 Å². The van der Waals surface area contributed by atoms with E-state index in [4.69, 9.17) is 9.72 Å². The number of pyridine rings is 1. The lowest BCUT2D eigenvalue weighted by Gasteiger charge is -2.38. The molecule has 0 spiro atoms. The van der Waals surface area contributed by atoms with E-state index in [0.717, 1.165) is 41.9 Å². The van der Waals surface area contributed by atoms with Crippen LogP contribution < -0.4 is 5.32 Å². The topological polar surface area (TPSA) is 105 Å². The Morgan fingerprint density at radius 1 is 1.16 bits per heavy atom. The Morgan fingerprint density at radius 2 is 1.96 bits per heavy atom. The first-order valence-electron chi connectivity index (χ1n) is 16.0. The van der Waals surface area contributed by atoms with Gasteiger partial charge in [-0.2, -0.15) is 5.10 Å². The minimum absolute atomic E-state index is 0.168. The highest BCUT2D eigenvalue weighted by atomic mass is 32.1. The predicted octanol–water partition coefficient (Wildman–Crippen LogP) is 5.88. The van der Waals surface area contributed by atoms with Crippen molar-refractivity contribution in [3.05, 3.63) is 47.4 Å². The summed E-state index contributed by atoms with van der Waals surface area (Å²) in [4.78, 5) is 40.8. The lowest BCUT2D eigenvalue weighted by molar-refractivity contribution is -0.146. The number of likely N-dealkylation sites (N-methyl/N-ethyl adjacent to an activating group) is 1. The molecule has 2 amide bonds. The molecule has 1 aliphatic heterocycles. The summed E-state index contributed by atoms with van der Waals surface area (Å²) in [5.41, 5.74) is 3.31. The van der Waals surface area contributed by atoms with E-state index in [1.165, 1.54) is 22.5 Å². The van der Waals surface area contributed by atoms with Crippen molar-refractivity contribution >= 4 is 58.0 Å². The van der Waals surface area contributed by atoms with Gasteiger partial charge in [0, 0.05) is 44.8 Å². The van der Waals surface area contributed by atoms with E-state index in [9.17, 15) is 9.59 Å². The highest BCUT2D eigenvalue weighted by Crippen LogP contribution is 2.51. The summed E-state index contributed by atoms with van der Waals surface area (Å²) in [5.74, 6) is -0.914. The molecule has 0 bridgehead atoms. The van der Waals surface area contributed by atoms with Crippen molar-refractivity contribution < 1.29 is 14.3 Å². The number of thiazole rings is 1. The number of carbonyl (C=O) groups excluding carboxylic acids is 2. The molecule has 45 heavy (non-hydrogen) atoms. The zero-order chi connectivity index (χ0) is 31.9. The van der Waals surface area contributed by atoms with E-state index in [0.29, 0.717) is 30.3 Å². The first-order chi connectivity index (χ1) is 21.4. The molecule has 3 aromatic heterocycles. The van der Waals surface area contributed by atoms with Gasteiger partial charge in [-0.05, 0) is 69.4 Å². The number of fused-ring (bicyclic) bond motifs is 2. The van der Waals surface area contributed by atoms with Crippen LogP contribution in [0, 0.1) is 5.92 Å². The Hall–Kier alpha value is -3.19. The lowest BCUT2D eigenvalue weighted by Crippen LogP contribution is -2.46. The maximum atomic E-state index is 13.8. The number of nitrogens with one attached hydrogen (secondary N) is 1. The van der Waals surface area contributed by atoms with Gasteiger partial charge in [-0.25, -0.2) is 9.67 Å². The molecule has 1 saturated carbocycles. The first-order valence-corrected chi connectivity index (χ1v) is 20.5. The number of benzene rings is 1. The minimum atomic E-state index is -1.22. The van der Waals surface area contributed by atoms with E-state index >= 15 is 0 Å². The van der Waals surface area contributed by atoms with Crippen molar-refractivity contribution in [3.8, 4) is 0 Å². The highest BCUT2D eigenvalue weighted by molar-refractivity contribution is 7.18. The monoisotopic (exact) mass is 647 g/mol. The maximum Gasteiger partial charge on any atom is 0.314 e. The van der Waals surface area contributed by atoms with Gasteiger partial charge in [0.2, 0.25) is 0 Å². The number of rotatable bonds is 10. The highest BCUT2D eigenvalue weighted by Gasteiger charge is 2.47. The van der Waals surface area contributed by atoms with Crippen LogP contribution in [0.25, 0.3) is 21.1 Å². The molecule has 0 unspecified atom stereocenters. The van der Waals surface area contributed by atoms with Crippen molar-refractivity contribution in [2.75, 3.05) is 39.1 Å². The summed E-state index contributed by atoms with van der Waals surface area (Å²) in [7, 11) is 3.02. The molecule has 1 N–H and O–H groups in total. The molecule has 2 fully saturated rings. The van der Waals surface area contributed by atoms with Crippen molar-refractivity contribution in [1.29, 1.82) is 0 Å². The van der Waals surface area contributed by atoms with E-state index < -0.39 is 19.9 Å². The van der Waals surface area contributed by atoms with Gasteiger partial charge >= 0.3 is 11.8 Å². The Labute approximate surface area is 270 Å². The number of nitrogens with zero attached hydrogens (tertiary/aromatic N) is 6. The zero-order valence-corrected chi connectivity index (χ0v) is 29.1. The average molecular weight is 648 g/mol. The molecule has 12 heteroatoms. The third-order valence-corrected chi connectivity index (χ3v) is 12.0. The van der Waals surface area contributed by atoms with Crippen LogP contribution in [0.15, 0.2) is 36.8 Å². The van der Waals surface area contributed by atoms with Crippen LogP contribution in [-0.4, -0.2) is 83.2 Å². The van der Waals surface area contributed by atoms with Crippen LogP contribution >= 0.6 is 11.3 Å². The molecule has 0 radical (unpaired) electrons. The van der Waals surface area contributed by atoms with Gasteiger partial charge in [0.05, 0.1) is 39.9 Å². The number of piperidine rings is 1. The van der Waals surface area contributed by atoms with Gasteiger partial charge in [-0.15, -0.1) is 11.3 Å². The molecular weight excluding hydrogens is 603 g/mol. The fourth-order valence-electron chi connectivity index (χ4n) is 6.36. The van der Waals surface area contributed by atoms with Gasteiger partial charge in [0.25, 0.3) is 0 Å². The lowest BCUT2D eigenvalue weighted by atomic mass is 9.89. The number of amides is 2. The Morgan fingerprint density at radius 3 is 2.69 bits per heavy atom. The van der Waals surface area contributed by atoms with Crippen molar-refractivity contribution in [1.82, 2.24) is 29.5 Å². The molecule has 2 aliphatic rings. The van der Waals surface area contributed by atoms with Crippen LogP contribution in [0.3, 0.4) is 0 Å². The van der Waals surface area contributed by atoms with E-state index in [-0.39, 0.29) is 18.2 Å². The van der Waals surface area contributed by atoms with Crippen molar-refractivity contribution in [3.63, 3.8) is 0 Å². The number of likely N-dealkylation sites (tertiary alicyclic amines) is 1. The summed E-state index contributed by atoms with van der Waals surface area (Å²) >= 11 is 1.78. The van der Waals surface area contributed by atoms with Crippen molar-refractivity contribution in [2.24, 2.45) is 5.92 Å². The van der Waals surface area contributed by atoms with Crippen LogP contribution in [0.2, 0.25) is 25.7 Å². The third kappa shape index (κ3) is 6.98. The summed E-state index contributed by atoms with van der Waals surface area (Å²) in [6.45, 7) is 11.5. The summed E-state index contributed by atoms with van der Waals surface area (Å²) in [5, 5.41) is 9.30. The number of aromatic nitrogens is 4. The second-order valence-electron chi connectivity index (χ2n) is 14.5. The molecule has 1 aliphatic carbocycles. The second kappa shape index (κ2) is 12.5. The van der Waals surface area contributed by atoms with Crippen LogP contribution in [-0.2, 0) is 26.5 Å². The van der Waals surface area contributed by atoms with Crippen LogP contribution in [0.1, 0.15) is 49.2 Å². The minimum Gasteiger partial charge on any atom is -0.360 e. The SMILES string of the molecule is C[C@H]1CC[C@H](c2ccc3sc(C4(CN(C)C)CC4)nc3c2)N(C(=O)C(=O)Nc2cncc3cnn(COCC[Si](C)(C)C)c23)C1. The van der Waals surface area contributed by atoms with Gasteiger partial charge in [0.1, 0.15) is 11.7 Å². The molecule has 240 valence electrons. The van der Waals surface area contributed by atoms with Crippen LogP contribution in [0.5, 0.6) is 0 Å². The number of hydrogen-bond acceptors (Lipinski definition) is 8. The smallest absolute Gasteiger partial charge is 0.314 e. The largest absolute Gasteiger partial charge is 0.360 e. The van der Waals surface area contributed by atoms with E-state index in [2.05, 4.69) is 79.2 Å². The molecule has 10 nitrogen and oxygen atoms in total. The molecule has 1 saturated heterocycles. The first kappa shape index (κ1) is 31.8. The standard InChI is InChI=1S/C33H45N7O3SSi/c1-22-7-9-27(23-8-10-28-25(15-23)37-32(44-28)33(11-12-33)20-38(2)3)39(19-22)31(42)30(41)36-26-18-34-16-24-17-35-40(29(24)26)21-43-13-14-45(4,5)6/h8,10,15-18,22,27H,7,9,11-14,19-21H2,1-6H3,(H,36,41)/t22-,27+/m0/s1. The molecule has 1 aromatic carbocycles. The third-order valence-electron chi connectivity index (χ3n) is 8.99. The van der Waals surface area contributed by atoms with Gasteiger partial charge in [0.15, 0.2) is 0 Å². The zero-order valence-electron chi connectivity index (χ0n) is 27.3. The second-order valence-corrected chi connectivity index (χ2v) is 21.1. The Balaban J connectivity index is 1.20.